The fraction of sp³-hybridized carbons (Fsp3) is 0.446. The predicted octanol–water partition coefficient (Wildman–Crippen LogP) is 12.9. The van der Waals surface area contributed by atoms with Gasteiger partial charge in [0.25, 0.3) is 11.8 Å². The highest BCUT2D eigenvalue weighted by Crippen LogP contribution is 2.49. The largest absolute Gasteiger partial charge is 0.446 e. The molecule has 2 N–H and O–H groups in total. The Morgan fingerprint density at radius 2 is 1.33 bits per heavy atom. The van der Waals surface area contributed by atoms with Crippen LogP contribution in [0.3, 0.4) is 0 Å². The van der Waals surface area contributed by atoms with Gasteiger partial charge in [-0.2, -0.15) is 26.3 Å². The number of ether oxygens (including phenoxy) is 3. The van der Waals surface area contributed by atoms with Gasteiger partial charge in [0.1, 0.15) is 30.9 Å². The number of fused-ring (bicyclic) bond motifs is 2. The summed E-state index contributed by atoms with van der Waals surface area (Å²) < 4.78 is 116. The van der Waals surface area contributed by atoms with Gasteiger partial charge in [-0.25, -0.2) is 14.2 Å². The fourth-order valence-electron chi connectivity index (χ4n) is 13.7. The van der Waals surface area contributed by atoms with E-state index in [4.69, 9.17) is 19.0 Å². The lowest BCUT2D eigenvalue weighted by molar-refractivity contribution is -0.143. The second kappa shape index (κ2) is 32.5. The van der Waals surface area contributed by atoms with Crippen molar-refractivity contribution in [1.29, 1.82) is 0 Å². The topological polar surface area (TPSA) is 166 Å². The highest BCUT2D eigenvalue weighted by Gasteiger charge is 2.50. The van der Waals surface area contributed by atoms with Gasteiger partial charge in [-0.1, -0.05) is 91.3 Å². The number of likely N-dealkylation sites (N-methyl/N-ethyl adjacent to an activating group) is 2. The number of anilines is 2. The molecule has 3 fully saturated rings. The highest BCUT2D eigenvalue weighted by atomic mass is 19.4. The van der Waals surface area contributed by atoms with E-state index in [1.807, 2.05) is 85.9 Å². The molecule has 3 aliphatic heterocycles. The van der Waals surface area contributed by atoms with Crippen molar-refractivity contribution in [2.75, 3.05) is 117 Å². The molecule has 524 valence electrons. The van der Waals surface area contributed by atoms with Crippen molar-refractivity contribution in [2.24, 2.45) is 0 Å². The third kappa shape index (κ3) is 18.3. The minimum Gasteiger partial charge on any atom is -0.446 e. The number of piperidine rings is 2. The molecule has 98 heavy (non-hydrogen) atoms. The molecule has 6 aromatic rings. The van der Waals surface area contributed by atoms with Crippen molar-refractivity contribution in [3.63, 3.8) is 0 Å². The summed E-state index contributed by atoms with van der Waals surface area (Å²) in [4.78, 5) is 81.3. The first-order valence-corrected chi connectivity index (χ1v) is 33.4. The number of nitrogens with one attached hydrogen (secondary N) is 2. The molecule has 0 unspecified atom stereocenters. The van der Waals surface area contributed by atoms with E-state index in [-0.39, 0.29) is 62.1 Å². The summed E-state index contributed by atoms with van der Waals surface area (Å²) in [5.41, 5.74) is 0.965. The van der Waals surface area contributed by atoms with Crippen molar-refractivity contribution in [3.05, 3.63) is 190 Å². The molecule has 24 heteroatoms. The fourth-order valence-corrected chi connectivity index (χ4v) is 13.7. The van der Waals surface area contributed by atoms with Crippen LogP contribution in [0.1, 0.15) is 113 Å². The number of amides is 5. The van der Waals surface area contributed by atoms with E-state index in [2.05, 4.69) is 32.6 Å². The number of carbonyl (C=O) groups excluding carboxylic acids is 5. The molecule has 3 saturated heterocycles. The molecule has 10 rings (SSSR count). The van der Waals surface area contributed by atoms with Crippen LogP contribution in [0.15, 0.2) is 146 Å². The number of hydrogen-bond donors (Lipinski definition) is 2. The minimum atomic E-state index is -5.15. The van der Waals surface area contributed by atoms with Crippen LogP contribution in [0.2, 0.25) is 0 Å². The zero-order valence-electron chi connectivity index (χ0n) is 55.5. The second-order valence-corrected chi connectivity index (χ2v) is 25.9. The maximum atomic E-state index is 14.2. The Kier molecular flexibility index (Phi) is 24.0. The van der Waals surface area contributed by atoms with Crippen molar-refractivity contribution < 1.29 is 73.8 Å². The Balaban J connectivity index is 0.611. The van der Waals surface area contributed by atoms with E-state index in [9.17, 15) is 54.7 Å². The van der Waals surface area contributed by atoms with Crippen LogP contribution in [0.4, 0.5) is 46.9 Å². The van der Waals surface area contributed by atoms with Gasteiger partial charge in [0.2, 0.25) is 11.8 Å². The third-order valence-corrected chi connectivity index (χ3v) is 19.5. The average molecular weight is 1360 g/mol. The molecule has 4 aliphatic rings. The van der Waals surface area contributed by atoms with E-state index in [0.717, 1.165) is 84.6 Å². The van der Waals surface area contributed by atoms with Gasteiger partial charge in [0, 0.05) is 94.1 Å². The molecule has 0 bridgehead atoms. The van der Waals surface area contributed by atoms with Crippen molar-refractivity contribution in [1.82, 2.24) is 29.6 Å². The monoisotopic (exact) mass is 1360 g/mol. The second-order valence-electron chi connectivity index (χ2n) is 25.9. The number of alkyl halides is 6. The number of halogens is 7. The molecule has 2 atom stereocenters. The third-order valence-electron chi connectivity index (χ3n) is 19.5. The SMILES string of the molecule is CON(CCCN(C)C(=O)CO[C@H]1Cc2ccccc2C12CCN(CC[C@@]1(c3ccc(F)cc3)CN(C(=O)c3cc(C(F)(F)F)cc(C(F)(F)F)c3)CO1)CC2)C(=O)c1ccc(NCCCCCC(=O)N(C)CCN2CCC(OC(=O)Nc3ccccc3-c3ccccc3)CC2)cc1. The van der Waals surface area contributed by atoms with E-state index in [1.54, 1.807) is 29.0 Å². The van der Waals surface area contributed by atoms with Crippen LogP contribution < -0.4 is 10.6 Å². The van der Waals surface area contributed by atoms with Crippen LogP contribution in [-0.4, -0.2) is 178 Å². The van der Waals surface area contributed by atoms with Crippen LogP contribution in [0.5, 0.6) is 0 Å². The molecule has 0 radical (unpaired) electrons. The van der Waals surface area contributed by atoms with E-state index in [1.165, 1.54) is 36.4 Å². The van der Waals surface area contributed by atoms with Crippen molar-refractivity contribution in [3.8, 4) is 11.1 Å². The lowest BCUT2D eigenvalue weighted by Crippen LogP contribution is -2.50. The van der Waals surface area contributed by atoms with E-state index in [0.29, 0.717) is 100 Å². The number of unbranched alkanes of at least 4 members (excludes halogenated alkanes) is 2. The lowest BCUT2D eigenvalue weighted by Gasteiger charge is -2.44. The lowest BCUT2D eigenvalue weighted by atomic mass is 9.72. The highest BCUT2D eigenvalue weighted by molar-refractivity contribution is 5.95. The number of likely N-dealkylation sites (tertiary alicyclic amines) is 2. The molecule has 1 spiro atoms. The standard InChI is InChI=1S/C74H85F7N8O9/c1-84(36-14-37-89(95-3)69(93)53-22-28-60(29-23-53)82-35-13-5-8-21-66(90)85(2)43-44-86-38-30-61(31-39-86)98-70(94)83-64-20-12-10-18-62(64)52-15-6-4-7-16-52)67(91)49-96-65-47-54-17-9-11-19-63(54)71(65)32-40-87(41-33-71)42-34-72(56-24-26-59(75)27-25-56)50-88(51-97-72)68(92)55-45-57(73(76,77)78)48-58(46-55)74(79,80)81/h4,6-7,9-12,15-20,22-29,45-46,48,61,65,82H,5,8,13-14,21,30-44,47,49-51H2,1-3H3,(H,83,94)/t65-,72-/m0/s1. The van der Waals surface area contributed by atoms with Gasteiger partial charge in [-0.3, -0.25) is 29.3 Å². The number of rotatable bonds is 27. The summed E-state index contributed by atoms with van der Waals surface area (Å²) in [6.45, 7) is 4.93. The Hall–Kier alpha value is -8.42. The number of carbonyl (C=O) groups is 5. The number of nitrogens with zero attached hydrogens (tertiary/aromatic N) is 6. The molecular weight excluding hydrogens is 1280 g/mol. The predicted molar refractivity (Wildman–Crippen MR) is 356 cm³/mol. The zero-order chi connectivity index (χ0) is 69.6. The van der Waals surface area contributed by atoms with Crippen LogP contribution >= 0.6 is 0 Å². The molecule has 3 heterocycles. The maximum absolute atomic E-state index is 14.2. The summed E-state index contributed by atoms with van der Waals surface area (Å²) in [5, 5.41) is 7.59. The summed E-state index contributed by atoms with van der Waals surface area (Å²) in [6, 6.07) is 39.0. The van der Waals surface area contributed by atoms with Gasteiger partial charge in [0.05, 0.1) is 43.1 Å². The molecule has 5 amide bonds. The number of hydrogen-bond acceptors (Lipinski definition) is 12. The number of para-hydroxylation sites is 1. The van der Waals surface area contributed by atoms with Gasteiger partial charge < -0.3 is 44.0 Å². The Morgan fingerprint density at radius 3 is 2.02 bits per heavy atom. The molecule has 1 aliphatic carbocycles. The van der Waals surface area contributed by atoms with E-state index >= 15 is 0 Å². The first-order valence-electron chi connectivity index (χ1n) is 33.4. The summed E-state index contributed by atoms with van der Waals surface area (Å²) in [7, 11) is 4.95. The number of hydroxylamine groups is 2. The molecule has 0 aromatic heterocycles. The van der Waals surface area contributed by atoms with Gasteiger partial charge in [-0.15, -0.1) is 0 Å². The zero-order valence-corrected chi connectivity index (χ0v) is 55.5. The number of benzene rings is 6. The quantitative estimate of drug-likeness (QED) is 0.0285. The van der Waals surface area contributed by atoms with Crippen molar-refractivity contribution in [2.45, 2.75) is 106 Å². The van der Waals surface area contributed by atoms with Gasteiger partial charge >= 0.3 is 18.4 Å². The van der Waals surface area contributed by atoms with Crippen LogP contribution in [-0.2, 0) is 58.4 Å². The normalized spacial score (nSPS) is 18.1. The Morgan fingerprint density at radius 1 is 0.673 bits per heavy atom. The Bertz CT molecular complexity index is 3650. The average Bonchev–Trinajstić information content (AvgIpc) is 1.59. The van der Waals surface area contributed by atoms with Crippen LogP contribution in [0.25, 0.3) is 11.1 Å². The summed E-state index contributed by atoms with van der Waals surface area (Å²) in [6.07, 6.45) is -4.29. The van der Waals surface area contributed by atoms with Gasteiger partial charge in [-0.05, 0) is 154 Å². The molecular formula is C74H85F7N8O9. The first kappa shape index (κ1) is 72.3. The maximum Gasteiger partial charge on any atom is 0.416 e. The smallest absolute Gasteiger partial charge is 0.416 e. The minimum absolute atomic E-state index is 0.0311. The first-order chi connectivity index (χ1) is 47.0. The summed E-state index contributed by atoms with van der Waals surface area (Å²) >= 11 is 0. The molecule has 17 nitrogen and oxygen atoms in total. The van der Waals surface area contributed by atoms with Crippen molar-refractivity contribution >= 4 is 41.1 Å². The Labute approximate surface area is 567 Å². The van der Waals surface area contributed by atoms with Gasteiger partial charge in [0.15, 0.2) is 0 Å². The van der Waals surface area contributed by atoms with E-state index < -0.39 is 64.6 Å². The molecule has 0 saturated carbocycles. The molecule has 6 aromatic carbocycles. The van der Waals surface area contributed by atoms with Crippen LogP contribution in [0, 0.1) is 5.82 Å². The summed E-state index contributed by atoms with van der Waals surface area (Å²) in [5.74, 6) is -2.07.